The Morgan fingerprint density at radius 2 is 2.05 bits per heavy atom. The minimum Gasteiger partial charge on any atom is -0.493 e. The zero-order chi connectivity index (χ0) is 14.5. The van der Waals surface area contributed by atoms with E-state index in [1.54, 1.807) is 20.4 Å². The van der Waals surface area contributed by atoms with Crippen LogP contribution in [-0.2, 0) is 6.54 Å². The quantitative estimate of drug-likeness (QED) is 0.817. The van der Waals surface area contributed by atoms with Gasteiger partial charge in [-0.25, -0.2) is 4.98 Å². The number of hydrogen-bond donors (Lipinski definition) is 1. The van der Waals surface area contributed by atoms with Crippen LogP contribution in [0.25, 0.3) is 0 Å². The Morgan fingerprint density at radius 1 is 1.25 bits per heavy atom. The van der Waals surface area contributed by atoms with Crippen LogP contribution >= 0.6 is 27.5 Å². The van der Waals surface area contributed by atoms with Gasteiger partial charge in [-0.15, -0.1) is 0 Å². The Morgan fingerprint density at radius 3 is 2.70 bits per heavy atom. The van der Waals surface area contributed by atoms with Gasteiger partial charge in [0.25, 0.3) is 0 Å². The van der Waals surface area contributed by atoms with E-state index in [1.165, 1.54) is 0 Å². The third kappa shape index (κ3) is 3.16. The number of ether oxygens (including phenoxy) is 2. The smallest absolute Gasteiger partial charge is 0.179 e. The van der Waals surface area contributed by atoms with Gasteiger partial charge in [-0.1, -0.05) is 17.7 Å². The minimum absolute atomic E-state index is 0.540. The second kappa shape index (κ2) is 6.81. The maximum Gasteiger partial charge on any atom is 0.179 e. The number of benzene rings is 1. The zero-order valence-electron chi connectivity index (χ0n) is 11.1. The van der Waals surface area contributed by atoms with Crippen LogP contribution in [0.3, 0.4) is 0 Å². The van der Waals surface area contributed by atoms with Gasteiger partial charge < -0.3 is 14.8 Å². The number of pyridine rings is 1. The third-order valence-corrected chi connectivity index (χ3v) is 3.84. The fraction of sp³-hybridized carbons (Fsp3) is 0.214. The minimum atomic E-state index is 0.540. The molecule has 0 bridgehead atoms. The van der Waals surface area contributed by atoms with Gasteiger partial charge in [-0.05, 0) is 39.7 Å². The molecule has 106 valence electrons. The summed E-state index contributed by atoms with van der Waals surface area (Å²) in [6, 6.07) is 7.54. The molecule has 1 aromatic carbocycles. The van der Waals surface area contributed by atoms with Crippen molar-refractivity contribution in [3.05, 3.63) is 45.7 Å². The van der Waals surface area contributed by atoms with Crippen molar-refractivity contribution in [2.75, 3.05) is 19.5 Å². The molecule has 0 saturated carbocycles. The predicted octanol–water partition coefficient (Wildman–Crippen LogP) is 4.13. The van der Waals surface area contributed by atoms with Gasteiger partial charge in [0.05, 0.1) is 24.9 Å². The molecule has 1 N–H and O–H groups in total. The first kappa shape index (κ1) is 14.9. The fourth-order valence-electron chi connectivity index (χ4n) is 1.77. The molecule has 20 heavy (non-hydrogen) atoms. The van der Waals surface area contributed by atoms with E-state index in [0.29, 0.717) is 23.1 Å². The van der Waals surface area contributed by atoms with Crippen molar-refractivity contribution in [2.45, 2.75) is 6.54 Å². The molecule has 0 aliphatic rings. The molecular weight excluding hydrogens is 344 g/mol. The lowest BCUT2D eigenvalue weighted by molar-refractivity contribution is 0.355. The summed E-state index contributed by atoms with van der Waals surface area (Å²) in [7, 11) is 3.15. The Hall–Kier alpha value is -1.46. The van der Waals surface area contributed by atoms with Gasteiger partial charge in [0.2, 0.25) is 0 Å². The zero-order valence-corrected chi connectivity index (χ0v) is 13.5. The highest BCUT2D eigenvalue weighted by atomic mass is 79.9. The van der Waals surface area contributed by atoms with Crippen LogP contribution in [0.1, 0.15) is 5.56 Å². The molecule has 0 aliphatic heterocycles. The maximum atomic E-state index is 6.33. The van der Waals surface area contributed by atoms with Crippen LogP contribution in [0.5, 0.6) is 11.5 Å². The molecule has 2 rings (SSSR count). The maximum absolute atomic E-state index is 6.33. The average molecular weight is 358 g/mol. The molecule has 0 saturated heterocycles. The number of aromatic nitrogens is 1. The van der Waals surface area contributed by atoms with Gasteiger partial charge in [-0.3, -0.25) is 0 Å². The summed E-state index contributed by atoms with van der Waals surface area (Å²) in [6.45, 7) is 0.559. The number of hydrogen-bond acceptors (Lipinski definition) is 4. The van der Waals surface area contributed by atoms with Crippen LogP contribution < -0.4 is 14.8 Å². The summed E-state index contributed by atoms with van der Waals surface area (Å²) in [5.41, 5.74) is 1.82. The van der Waals surface area contributed by atoms with Crippen LogP contribution in [-0.4, -0.2) is 19.2 Å². The summed E-state index contributed by atoms with van der Waals surface area (Å²) in [5.74, 6) is 1.16. The van der Waals surface area contributed by atoms with E-state index >= 15 is 0 Å². The third-order valence-electron chi connectivity index (χ3n) is 2.79. The number of anilines is 1. The lowest BCUT2D eigenvalue weighted by Gasteiger charge is -2.14. The van der Waals surface area contributed by atoms with E-state index in [2.05, 4.69) is 26.2 Å². The molecule has 6 heteroatoms. The summed E-state index contributed by atoms with van der Waals surface area (Å²) in [5, 5.41) is 3.81. The molecule has 4 nitrogen and oxygen atoms in total. The average Bonchev–Trinajstić information content (AvgIpc) is 2.47. The van der Waals surface area contributed by atoms with Gasteiger partial charge in [0.15, 0.2) is 11.5 Å². The van der Waals surface area contributed by atoms with Crippen molar-refractivity contribution in [3.63, 3.8) is 0 Å². The second-order valence-corrected chi connectivity index (χ2v) is 5.10. The molecular formula is C14H14BrClN2O2. The first-order valence-electron chi connectivity index (χ1n) is 5.91. The second-order valence-electron chi connectivity index (χ2n) is 3.97. The van der Waals surface area contributed by atoms with E-state index in [4.69, 9.17) is 21.1 Å². The normalized spacial score (nSPS) is 10.2. The number of rotatable bonds is 5. The SMILES string of the molecule is COc1ccc(CNc2cccnc2Br)c(Cl)c1OC. The highest BCUT2D eigenvalue weighted by Gasteiger charge is 2.13. The van der Waals surface area contributed by atoms with Gasteiger partial charge >= 0.3 is 0 Å². The van der Waals surface area contributed by atoms with Crippen molar-refractivity contribution < 1.29 is 9.47 Å². The molecule has 0 aliphatic carbocycles. The van der Waals surface area contributed by atoms with Crippen LogP contribution in [0, 0.1) is 0 Å². The van der Waals surface area contributed by atoms with Gasteiger partial charge in [0, 0.05) is 12.7 Å². The van der Waals surface area contributed by atoms with Crippen LogP contribution in [0.15, 0.2) is 35.1 Å². The fourth-order valence-corrected chi connectivity index (χ4v) is 2.47. The molecule has 1 aromatic heterocycles. The first-order valence-corrected chi connectivity index (χ1v) is 7.08. The Labute approximate surface area is 131 Å². The van der Waals surface area contributed by atoms with Gasteiger partial charge in [-0.2, -0.15) is 0 Å². The van der Waals surface area contributed by atoms with Gasteiger partial charge in [0.1, 0.15) is 4.60 Å². The Balaban J connectivity index is 2.20. The summed E-state index contributed by atoms with van der Waals surface area (Å²) in [4.78, 5) is 4.15. The van der Waals surface area contributed by atoms with E-state index in [-0.39, 0.29) is 0 Å². The van der Waals surface area contributed by atoms with Crippen molar-refractivity contribution in [3.8, 4) is 11.5 Å². The number of halogens is 2. The van der Waals surface area contributed by atoms with E-state index in [1.807, 2.05) is 24.3 Å². The molecule has 1 heterocycles. The van der Waals surface area contributed by atoms with E-state index in [0.717, 1.165) is 15.9 Å². The molecule has 0 amide bonds. The lowest BCUT2D eigenvalue weighted by Crippen LogP contribution is -2.03. The Kier molecular flexibility index (Phi) is 5.09. The summed E-state index contributed by atoms with van der Waals surface area (Å²) in [6.07, 6.45) is 1.72. The summed E-state index contributed by atoms with van der Waals surface area (Å²) >= 11 is 9.71. The van der Waals surface area contributed by atoms with Crippen molar-refractivity contribution >= 4 is 33.2 Å². The number of nitrogens with zero attached hydrogens (tertiary/aromatic N) is 1. The summed E-state index contributed by atoms with van der Waals surface area (Å²) < 4.78 is 11.2. The van der Waals surface area contributed by atoms with Crippen molar-refractivity contribution in [2.24, 2.45) is 0 Å². The van der Waals surface area contributed by atoms with Crippen LogP contribution in [0.4, 0.5) is 5.69 Å². The van der Waals surface area contributed by atoms with Crippen molar-refractivity contribution in [1.29, 1.82) is 0 Å². The largest absolute Gasteiger partial charge is 0.493 e. The molecule has 2 aromatic rings. The first-order chi connectivity index (χ1) is 9.67. The molecule has 0 fully saturated rings. The predicted molar refractivity (Wildman–Crippen MR) is 83.8 cm³/mol. The number of methoxy groups -OCH3 is 2. The standard InChI is InChI=1S/C14H14BrClN2O2/c1-19-11-6-5-9(12(16)13(11)20-2)8-18-10-4-3-7-17-14(10)15/h3-7,18H,8H2,1-2H3. The van der Waals surface area contributed by atoms with E-state index in [9.17, 15) is 0 Å². The number of nitrogens with one attached hydrogen (secondary N) is 1. The molecule has 0 spiro atoms. The van der Waals surface area contributed by atoms with Crippen LogP contribution in [0.2, 0.25) is 5.02 Å². The highest BCUT2D eigenvalue weighted by Crippen LogP contribution is 2.37. The molecule has 0 unspecified atom stereocenters. The lowest BCUT2D eigenvalue weighted by atomic mass is 10.2. The van der Waals surface area contributed by atoms with Crippen molar-refractivity contribution in [1.82, 2.24) is 4.98 Å². The monoisotopic (exact) mass is 356 g/mol. The molecule has 0 radical (unpaired) electrons. The highest BCUT2D eigenvalue weighted by molar-refractivity contribution is 9.10. The van der Waals surface area contributed by atoms with E-state index < -0.39 is 0 Å². The topological polar surface area (TPSA) is 43.4 Å². The Bertz CT molecular complexity index is 608. The molecule has 0 atom stereocenters.